The molecule has 1 rings (SSSR count). The fraction of sp³-hybridized carbons (Fsp3) is 0.818. The molecule has 0 aromatic rings. The third-order valence-electron chi connectivity index (χ3n) is 3.08. The van der Waals surface area contributed by atoms with Crippen LogP contribution in [-0.2, 0) is 9.59 Å². The Kier molecular flexibility index (Phi) is 5.37. The molecule has 17 heavy (non-hydrogen) atoms. The number of hydrogen-bond acceptors (Lipinski definition) is 4. The Morgan fingerprint density at radius 2 is 1.59 bits per heavy atom. The van der Waals surface area contributed by atoms with Gasteiger partial charge in [-0.1, -0.05) is 0 Å². The predicted octanol–water partition coefficient (Wildman–Crippen LogP) is -0.833. The van der Waals surface area contributed by atoms with E-state index in [-0.39, 0.29) is 12.5 Å². The number of aliphatic carboxylic acids is 1. The van der Waals surface area contributed by atoms with Gasteiger partial charge in [-0.05, 0) is 6.92 Å². The first-order chi connectivity index (χ1) is 8.02. The first-order valence-corrected chi connectivity index (χ1v) is 5.93. The van der Waals surface area contributed by atoms with Crippen LogP contribution in [0.3, 0.4) is 0 Å². The maximum atomic E-state index is 11.7. The maximum Gasteiger partial charge on any atom is 0.317 e. The zero-order valence-electron chi connectivity index (χ0n) is 10.6. The van der Waals surface area contributed by atoms with E-state index in [4.69, 9.17) is 5.11 Å². The van der Waals surface area contributed by atoms with Crippen molar-refractivity contribution in [1.82, 2.24) is 14.7 Å². The highest BCUT2D eigenvalue weighted by Gasteiger charge is 2.20. The van der Waals surface area contributed by atoms with Crippen LogP contribution in [0.2, 0.25) is 0 Å². The summed E-state index contributed by atoms with van der Waals surface area (Å²) >= 11 is 0. The molecule has 1 N–H and O–H groups in total. The van der Waals surface area contributed by atoms with Crippen LogP contribution in [0.1, 0.15) is 6.92 Å². The van der Waals surface area contributed by atoms with Crippen molar-refractivity contribution >= 4 is 11.9 Å². The van der Waals surface area contributed by atoms with E-state index in [1.807, 2.05) is 11.8 Å². The van der Waals surface area contributed by atoms with Crippen molar-refractivity contribution in [3.05, 3.63) is 0 Å². The molecule has 0 aromatic carbocycles. The zero-order valence-corrected chi connectivity index (χ0v) is 10.6. The average molecular weight is 243 g/mol. The summed E-state index contributed by atoms with van der Waals surface area (Å²) in [6.45, 7) is 6.15. The van der Waals surface area contributed by atoms with Gasteiger partial charge >= 0.3 is 5.97 Å². The monoisotopic (exact) mass is 243 g/mol. The first-order valence-electron chi connectivity index (χ1n) is 5.93. The summed E-state index contributed by atoms with van der Waals surface area (Å²) in [5.41, 5.74) is 0. The topological polar surface area (TPSA) is 64.1 Å². The number of carboxylic acid groups (broad SMARTS) is 1. The van der Waals surface area contributed by atoms with Crippen molar-refractivity contribution < 1.29 is 14.7 Å². The Morgan fingerprint density at radius 1 is 1.12 bits per heavy atom. The summed E-state index contributed by atoms with van der Waals surface area (Å²) in [5, 5.41) is 8.67. The molecule has 0 atom stereocenters. The van der Waals surface area contributed by atoms with E-state index in [9.17, 15) is 9.59 Å². The fourth-order valence-electron chi connectivity index (χ4n) is 1.79. The van der Waals surface area contributed by atoms with Gasteiger partial charge in [-0.3, -0.25) is 19.4 Å². The Morgan fingerprint density at radius 3 is 2.00 bits per heavy atom. The molecule has 1 saturated heterocycles. The molecule has 98 valence electrons. The third kappa shape index (κ3) is 4.70. The molecule has 1 aliphatic rings. The number of hydrogen-bond donors (Lipinski definition) is 1. The van der Waals surface area contributed by atoms with Crippen molar-refractivity contribution in [2.75, 3.05) is 52.9 Å². The van der Waals surface area contributed by atoms with Gasteiger partial charge in [0.1, 0.15) is 0 Å². The molecule has 6 nitrogen and oxygen atoms in total. The number of piperazine rings is 1. The highest BCUT2D eigenvalue weighted by molar-refractivity contribution is 5.77. The van der Waals surface area contributed by atoms with Crippen LogP contribution >= 0.6 is 0 Å². The van der Waals surface area contributed by atoms with E-state index < -0.39 is 5.97 Å². The third-order valence-corrected chi connectivity index (χ3v) is 3.08. The van der Waals surface area contributed by atoms with Crippen molar-refractivity contribution in [2.24, 2.45) is 0 Å². The molecule has 1 amide bonds. The predicted molar refractivity (Wildman–Crippen MR) is 63.8 cm³/mol. The first kappa shape index (κ1) is 13.9. The van der Waals surface area contributed by atoms with Crippen molar-refractivity contribution in [2.45, 2.75) is 6.92 Å². The van der Waals surface area contributed by atoms with Crippen molar-refractivity contribution in [3.63, 3.8) is 0 Å². The lowest BCUT2D eigenvalue weighted by Crippen LogP contribution is -2.50. The van der Waals surface area contributed by atoms with Crippen LogP contribution < -0.4 is 0 Å². The molecule has 0 spiro atoms. The zero-order chi connectivity index (χ0) is 12.8. The highest BCUT2D eigenvalue weighted by atomic mass is 16.4. The van der Waals surface area contributed by atoms with Crippen molar-refractivity contribution in [1.29, 1.82) is 0 Å². The summed E-state index contributed by atoms with van der Waals surface area (Å²) in [6, 6.07) is 0. The number of amides is 1. The average Bonchev–Trinajstić information content (AvgIpc) is 2.30. The Labute approximate surface area is 102 Å². The number of carbonyl (C=O) groups excluding carboxylic acids is 1. The second-order valence-electron chi connectivity index (χ2n) is 4.35. The highest BCUT2D eigenvalue weighted by Crippen LogP contribution is 2.01. The van der Waals surface area contributed by atoms with E-state index in [1.54, 1.807) is 11.9 Å². The minimum Gasteiger partial charge on any atom is -0.480 e. The largest absolute Gasteiger partial charge is 0.480 e. The molecule has 0 bridgehead atoms. The van der Waals surface area contributed by atoms with E-state index in [0.717, 1.165) is 32.7 Å². The smallest absolute Gasteiger partial charge is 0.317 e. The second-order valence-corrected chi connectivity index (χ2v) is 4.35. The summed E-state index contributed by atoms with van der Waals surface area (Å²) in [4.78, 5) is 27.9. The van der Waals surface area contributed by atoms with Gasteiger partial charge < -0.3 is 10.0 Å². The SMILES string of the molecule is CCN(C)C(=O)CN1CCN(CC(=O)O)CC1. The number of nitrogens with zero attached hydrogens (tertiary/aromatic N) is 3. The summed E-state index contributed by atoms with van der Waals surface area (Å²) in [7, 11) is 1.79. The van der Waals surface area contributed by atoms with Gasteiger partial charge in [0.15, 0.2) is 0 Å². The van der Waals surface area contributed by atoms with Gasteiger partial charge in [-0.2, -0.15) is 0 Å². The number of carbonyl (C=O) groups is 2. The van der Waals surface area contributed by atoms with Crippen LogP contribution in [0.25, 0.3) is 0 Å². The second kappa shape index (κ2) is 6.56. The molecule has 1 aliphatic heterocycles. The van der Waals surface area contributed by atoms with E-state index >= 15 is 0 Å². The Hall–Kier alpha value is -1.14. The molecule has 0 radical (unpaired) electrons. The molecule has 0 unspecified atom stereocenters. The molecule has 0 aliphatic carbocycles. The molecular weight excluding hydrogens is 222 g/mol. The van der Waals surface area contributed by atoms with Crippen LogP contribution in [-0.4, -0.2) is 84.5 Å². The van der Waals surface area contributed by atoms with E-state index in [0.29, 0.717) is 6.54 Å². The number of rotatable bonds is 5. The van der Waals surface area contributed by atoms with Gasteiger partial charge in [-0.25, -0.2) is 0 Å². The van der Waals surface area contributed by atoms with Gasteiger partial charge in [0, 0.05) is 39.8 Å². The van der Waals surface area contributed by atoms with Crippen molar-refractivity contribution in [3.8, 4) is 0 Å². The van der Waals surface area contributed by atoms with Crippen LogP contribution in [0, 0.1) is 0 Å². The summed E-state index contributed by atoms with van der Waals surface area (Å²) < 4.78 is 0. The molecule has 6 heteroatoms. The maximum absolute atomic E-state index is 11.7. The number of carboxylic acids is 1. The van der Waals surface area contributed by atoms with Crippen LogP contribution in [0.5, 0.6) is 0 Å². The van der Waals surface area contributed by atoms with Gasteiger partial charge in [-0.15, -0.1) is 0 Å². The molecule has 0 saturated carbocycles. The lowest BCUT2D eigenvalue weighted by Gasteiger charge is -2.34. The lowest BCUT2D eigenvalue weighted by atomic mass is 10.3. The molecule has 0 aromatic heterocycles. The van der Waals surface area contributed by atoms with Gasteiger partial charge in [0.05, 0.1) is 13.1 Å². The van der Waals surface area contributed by atoms with Gasteiger partial charge in [0.2, 0.25) is 5.91 Å². The quantitative estimate of drug-likeness (QED) is 0.682. The molecule has 1 heterocycles. The van der Waals surface area contributed by atoms with Gasteiger partial charge in [0.25, 0.3) is 0 Å². The van der Waals surface area contributed by atoms with Crippen LogP contribution in [0.4, 0.5) is 0 Å². The summed E-state index contributed by atoms with van der Waals surface area (Å²) in [5.74, 6) is -0.667. The van der Waals surface area contributed by atoms with Crippen LogP contribution in [0.15, 0.2) is 0 Å². The minimum atomic E-state index is -0.791. The molecular formula is C11H21N3O3. The summed E-state index contributed by atoms with van der Waals surface area (Å²) in [6.07, 6.45) is 0. The van der Waals surface area contributed by atoms with E-state index in [1.165, 1.54) is 0 Å². The van der Waals surface area contributed by atoms with E-state index in [2.05, 4.69) is 4.90 Å². The molecule has 1 fully saturated rings. The number of likely N-dealkylation sites (N-methyl/N-ethyl adjacent to an activating group) is 1. The Bertz CT molecular complexity index is 275. The fourth-order valence-corrected chi connectivity index (χ4v) is 1.79. The normalized spacial score (nSPS) is 18.0. The minimum absolute atomic E-state index is 0.0939. The Balaban J connectivity index is 2.27. The lowest BCUT2D eigenvalue weighted by molar-refractivity contribution is -0.139. The standard InChI is InChI=1S/C11H21N3O3/c1-3-12(2)10(15)8-13-4-6-14(7-5-13)9-11(16)17/h3-9H2,1-2H3,(H,16,17).